The maximum Gasteiger partial charge on any atom is 0.387 e. The number of carbonyl (C=O) groups excluding carboxylic acids is 1. The number of hydrogen-bond donors (Lipinski definition) is 0. The Bertz CT molecular complexity index is 983. The van der Waals surface area contributed by atoms with Gasteiger partial charge < -0.3 is 18.9 Å². The van der Waals surface area contributed by atoms with E-state index in [1.807, 2.05) is 13.8 Å². The molecule has 0 saturated carbocycles. The van der Waals surface area contributed by atoms with Crippen LogP contribution in [-0.4, -0.2) is 29.6 Å². The van der Waals surface area contributed by atoms with Crippen molar-refractivity contribution in [2.24, 2.45) is 0 Å². The molecule has 8 heteroatoms. The van der Waals surface area contributed by atoms with E-state index >= 15 is 0 Å². The first kappa shape index (κ1) is 21.3. The maximum absolute atomic E-state index is 12.8. The van der Waals surface area contributed by atoms with E-state index in [-0.39, 0.29) is 11.7 Å². The minimum Gasteiger partial charge on any atom is -0.489 e. The molecule has 1 heterocycles. The van der Waals surface area contributed by atoms with Crippen LogP contribution in [0.2, 0.25) is 0 Å². The maximum atomic E-state index is 12.8. The lowest BCUT2D eigenvalue weighted by atomic mass is 10.1. The summed E-state index contributed by atoms with van der Waals surface area (Å²) in [4.78, 5) is 14.3. The summed E-state index contributed by atoms with van der Waals surface area (Å²) in [6, 6.07) is 13.1. The highest BCUT2D eigenvalue weighted by Crippen LogP contribution is 2.20. The zero-order chi connectivity index (χ0) is 21.7. The van der Waals surface area contributed by atoms with E-state index in [4.69, 9.17) is 9.26 Å². The van der Waals surface area contributed by atoms with Gasteiger partial charge in [-0.05, 0) is 49.7 Å². The molecule has 0 aliphatic heterocycles. The number of alkyl halides is 2. The number of aromatic nitrogens is 1. The molecule has 158 valence electrons. The SMILES string of the molecule is Cc1noc(C)c1COc1cccc(C(=O)N(C)Cc2ccc(OC(F)F)cc2)c1. The fourth-order valence-electron chi connectivity index (χ4n) is 2.92. The number of rotatable bonds is 8. The smallest absolute Gasteiger partial charge is 0.387 e. The summed E-state index contributed by atoms with van der Waals surface area (Å²) in [5.41, 5.74) is 2.91. The van der Waals surface area contributed by atoms with Gasteiger partial charge in [-0.2, -0.15) is 8.78 Å². The summed E-state index contributed by atoms with van der Waals surface area (Å²) in [6.45, 7) is 1.41. The zero-order valence-electron chi connectivity index (χ0n) is 16.9. The van der Waals surface area contributed by atoms with Gasteiger partial charge in [-0.15, -0.1) is 0 Å². The number of carbonyl (C=O) groups is 1. The molecule has 0 unspecified atom stereocenters. The Labute approximate surface area is 173 Å². The predicted octanol–water partition coefficient (Wildman–Crippen LogP) is 4.74. The monoisotopic (exact) mass is 416 g/mol. The molecule has 6 nitrogen and oxygen atoms in total. The minimum atomic E-state index is -2.87. The van der Waals surface area contributed by atoms with Crippen LogP contribution in [0.1, 0.15) is 32.9 Å². The van der Waals surface area contributed by atoms with Gasteiger partial charge in [-0.1, -0.05) is 23.4 Å². The number of benzene rings is 2. The van der Waals surface area contributed by atoms with E-state index in [0.717, 1.165) is 16.8 Å². The van der Waals surface area contributed by atoms with Crippen molar-refractivity contribution < 1.29 is 27.6 Å². The molecule has 0 N–H and O–H groups in total. The first-order valence-electron chi connectivity index (χ1n) is 9.27. The van der Waals surface area contributed by atoms with Gasteiger partial charge in [0.15, 0.2) is 0 Å². The van der Waals surface area contributed by atoms with Crippen LogP contribution < -0.4 is 9.47 Å². The van der Waals surface area contributed by atoms with Crippen LogP contribution in [0.3, 0.4) is 0 Å². The lowest BCUT2D eigenvalue weighted by Gasteiger charge is -2.18. The van der Waals surface area contributed by atoms with Crippen molar-refractivity contribution in [3.8, 4) is 11.5 Å². The van der Waals surface area contributed by atoms with Gasteiger partial charge in [0, 0.05) is 19.2 Å². The molecule has 0 aliphatic carbocycles. The Morgan fingerprint density at radius 2 is 1.87 bits per heavy atom. The van der Waals surface area contributed by atoms with Crippen molar-refractivity contribution in [2.75, 3.05) is 7.05 Å². The number of amides is 1. The molecular weight excluding hydrogens is 394 g/mol. The van der Waals surface area contributed by atoms with E-state index in [1.165, 1.54) is 17.0 Å². The average Bonchev–Trinajstić information content (AvgIpc) is 3.04. The third kappa shape index (κ3) is 5.34. The van der Waals surface area contributed by atoms with Crippen molar-refractivity contribution in [3.05, 3.63) is 76.7 Å². The van der Waals surface area contributed by atoms with E-state index in [0.29, 0.717) is 30.2 Å². The topological polar surface area (TPSA) is 64.8 Å². The predicted molar refractivity (Wildman–Crippen MR) is 106 cm³/mol. The second-order valence-electron chi connectivity index (χ2n) is 6.80. The molecule has 30 heavy (non-hydrogen) atoms. The molecule has 0 spiro atoms. The van der Waals surface area contributed by atoms with Crippen LogP contribution >= 0.6 is 0 Å². The van der Waals surface area contributed by atoms with Crippen LogP contribution in [0.4, 0.5) is 8.78 Å². The molecular formula is C22H22F2N2O4. The Kier molecular flexibility index (Phi) is 6.66. The highest BCUT2D eigenvalue weighted by Gasteiger charge is 2.14. The lowest BCUT2D eigenvalue weighted by Crippen LogP contribution is -2.26. The summed E-state index contributed by atoms with van der Waals surface area (Å²) in [7, 11) is 1.67. The Morgan fingerprint density at radius 1 is 1.13 bits per heavy atom. The summed E-state index contributed by atoms with van der Waals surface area (Å²) in [5, 5.41) is 3.90. The number of aryl methyl sites for hydroxylation is 2. The highest BCUT2D eigenvalue weighted by atomic mass is 19.3. The lowest BCUT2D eigenvalue weighted by molar-refractivity contribution is -0.0498. The van der Waals surface area contributed by atoms with Gasteiger partial charge in [-0.25, -0.2) is 0 Å². The molecule has 3 rings (SSSR count). The second-order valence-corrected chi connectivity index (χ2v) is 6.80. The summed E-state index contributed by atoms with van der Waals surface area (Å²) in [5.74, 6) is 1.14. The first-order valence-corrected chi connectivity index (χ1v) is 9.27. The van der Waals surface area contributed by atoms with Gasteiger partial charge in [0.25, 0.3) is 5.91 Å². The summed E-state index contributed by atoms with van der Waals surface area (Å²) in [6.07, 6.45) is 0. The Hall–Kier alpha value is -3.42. The molecule has 1 aromatic heterocycles. The Balaban J connectivity index is 1.62. The number of halogens is 2. The van der Waals surface area contributed by atoms with E-state index < -0.39 is 6.61 Å². The molecule has 0 saturated heterocycles. The minimum absolute atomic E-state index is 0.0749. The van der Waals surface area contributed by atoms with E-state index in [2.05, 4.69) is 9.89 Å². The third-order valence-electron chi connectivity index (χ3n) is 4.56. The van der Waals surface area contributed by atoms with Crippen LogP contribution in [0, 0.1) is 13.8 Å². The van der Waals surface area contributed by atoms with Crippen LogP contribution in [0.5, 0.6) is 11.5 Å². The molecule has 1 amide bonds. The van der Waals surface area contributed by atoms with Crippen molar-refractivity contribution in [3.63, 3.8) is 0 Å². The number of nitrogens with zero attached hydrogens (tertiary/aromatic N) is 2. The van der Waals surface area contributed by atoms with Gasteiger partial charge in [-0.3, -0.25) is 4.79 Å². The highest BCUT2D eigenvalue weighted by molar-refractivity contribution is 5.94. The van der Waals surface area contributed by atoms with Crippen LogP contribution in [-0.2, 0) is 13.2 Å². The van der Waals surface area contributed by atoms with E-state index in [1.54, 1.807) is 43.4 Å². The van der Waals surface area contributed by atoms with Crippen LogP contribution in [0.15, 0.2) is 53.1 Å². The van der Waals surface area contributed by atoms with Crippen LogP contribution in [0.25, 0.3) is 0 Å². The van der Waals surface area contributed by atoms with Gasteiger partial charge in [0.2, 0.25) is 0 Å². The normalized spacial score (nSPS) is 10.9. The van der Waals surface area contributed by atoms with Gasteiger partial charge >= 0.3 is 6.61 Å². The van der Waals surface area contributed by atoms with Gasteiger partial charge in [0.05, 0.1) is 11.3 Å². The molecule has 2 aromatic carbocycles. The zero-order valence-corrected chi connectivity index (χ0v) is 16.9. The molecule has 0 aliphatic rings. The van der Waals surface area contributed by atoms with Crippen molar-refractivity contribution >= 4 is 5.91 Å². The Morgan fingerprint density at radius 3 is 2.50 bits per heavy atom. The fourth-order valence-corrected chi connectivity index (χ4v) is 2.92. The van der Waals surface area contributed by atoms with E-state index in [9.17, 15) is 13.6 Å². The van der Waals surface area contributed by atoms with Crippen molar-refractivity contribution in [1.29, 1.82) is 0 Å². The largest absolute Gasteiger partial charge is 0.489 e. The average molecular weight is 416 g/mol. The first-order chi connectivity index (χ1) is 14.3. The van der Waals surface area contributed by atoms with Gasteiger partial charge in [0.1, 0.15) is 23.9 Å². The third-order valence-corrected chi connectivity index (χ3v) is 4.56. The molecule has 0 bridgehead atoms. The molecule has 0 radical (unpaired) electrons. The molecule has 3 aromatic rings. The summed E-state index contributed by atoms with van der Waals surface area (Å²) >= 11 is 0. The fraction of sp³-hybridized carbons (Fsp3) is 0.273. The quantitative estimate of drug-likeness (QED) is 0.531. The standard InChI is InChI=1S/C22H22F2N2O4/c1-14-20(15(2)30-25-14)13-28-19-6-4-5-17(11-19)21(27)26(3)12-16-7-9-18(10-8-16)29-22(23)24/h4-11,22H,12-13H2,1-3H3. The summed E-state index contributed by atoms with van der Waals surface area (Å²) < 4.78 is 39.7. The second kappa shape index (κ2) is 9.39. The number of hydrogen-bond acceptors (Lipinski definition) is 5. The van der Waals surface area contributed by atoms with Crippen molar-refractivity contribution in [2.45, 2.75) is 33.6 Å². The molecule has 0 atom stereocenters. The number of ether oxygens (including phenoxy) is 2. The molecule has 0 fully saturated rings. The van der Waals surface area contributed by atoms with Crippen molar-refractivity contribution in [1.82, 2.24) is 10.1 Å².